The predicted octanol–water partition coefficient (Wildman–Crippen LogP) is 3.86. The van der Waals surface area contributed by atoms with Crippen molar-refractivity contribution in [3.8, 4) is 0 Å². The first-order valence-electron chi connectivity index (χ1n) is 6.94. The second kappa shape index (κ2) is 6.32. The van der Waals surface area contributed by atoms with Crippen LogP contribution in [0.15, 0.2) is 47.1 Å². The van der Waals surface area contributed by atoms with Gasteiger partial charge in [0.05, 0.1) is 14.8 Å². The van der Waals surface area contributed by atoms with Gasteiger partial charge in [-0.05, 0) is 47.1 Å². The Kier molecular flexibility index (Phi) is 4.22. The van der Waals surface area contributed by atoms with Gasteiger partial charge in [0.15, 0.2) is 0 Å². The molecule has 0 fully saturated rings. The van der Waals surface area contributed by atoms with E-state index in [0.29, 0.717) is 21.1 Å². The van der Waals surface area contributed by atoms with Crippen molar-refractivity contribution < 1.29 is 9.72 Å². The van der Waals surface area contributed by atoms with Crippen molar-refractivity contribution in [1.29, 1.82) is 0 Å². The number of hydrogen-bond donors (Lipinski definition) is 1. The Balaban J connectivity index is 2.08. The van der Waals surface area contributed by atoms with Gasteiger partial charge in [-0.3, -0.25) is 19.9 Å². The minimum atomic E-state index is -0.490. The van der Waals surface area contributed by atoms with E-state index in [1.165, 1.54) is 18.3 Å². The predicted molar refractivity (Wildman–Crippen MR) is 93.0 cm³/mol. The molecule has 2 heterocycles. The normalized spacial score (nSPS) is 10.6. The molecule has 0 unspecified atom stereocenters. The van der Waals surface area contributed by atoms with E-state index >= 15 is 0 Å². The lowest BCUT2D eigenvalue weighted by atomic mass is 10.1. The topological polar surface area (TPSA) is 98.0 Å². The molecule has 120 valence electrons. The smallest absolute Gasteiger partial charge is 0.291 e. The summed E-state index contributed by atoms with van der Waals surface area (Å²) in [5.41, 5.74) is 0.766. The summed E-state index contributed by atoms with van der Waals surface area (Å²) in [5, 5.41) is 14.7. The van der Waals surface area contributed by atoms with Crippen LogP contribution in [0.5, 0.6) is 0 Å². The number of nitrogens with one attached hydrogen (secondary N) is 1. The standard InChI is InChI=1S/C16H11BrN4O3/c1-9-3-2-4-13(19-9)20-16(22)14-10-5-6-12(17)15(21(23)24)11(10)7-8-18-14/h2-8H,1H3,(H,19,20,22). The maximum absolute atomic E-state index is 12.5. The summed E-state index contributed by atoms with van der Waals surface area (Å²) < 4.78 is 0.345. The molecule has 0 radical (unpaired) electrons. The van der Waals surface area contributed by atoms with Crippen LogP contribution in [0.1, 0.15) is 16.2 Å². The van der Waals surface area contributed by atoms with Gasteiger partial charge >= 0.3 is 0 Å². The number of nitro groups is 1. The number of amides is 1. The maximum Gasteiger partial charge on any atom is 0.291 e. The molecular formula is C16H11BrN4O3. The zero-order valence-electron chi connectivity index (χ0n) is 12.5. The van der Waals surface area contributed by atoms with Crippen LogP contribution in [0.2, 0.25) is 0 Å². The Hall–Kier alpha value is -2.87. The van der Waals surface area contributed by atoms with Crippen LogP contribution >= 0.6 is 15.9 Å². The van der Waals surface area contributed by atoms with E-state index in [-0.39, 0.29) is 11.4 Å². The van der Waals surface area contributed by atoms with E-state index in [2.05, 4.69) is 31.2 Å². The second-order valence-electron chi connectivity index (χ2n) is 5.03. The molecule has 0 spiro atoms. The highest BCUT2D eigenvalue weighted by Gasteiger charge is 2.21. The number of nitrogens with zero attached hydrogens (tertiary/aromatic N) is 3. The quantitative estimate of drug-likeness (QED) is 0.544. The van der Waals surface area contributed by atoms with Crippen molar-refractivity contribution in [2.24, 2.45) is 0 Å². The number of halogens is 1. The Morgan fingerprint density at radius 2 is 2.00 bits per heavy atom. The first-order chi connectivity index (χ1) is 11.5. The Morgan fingerprint density at radius 1 is 1.21 bits per heavy atom. The number of carbonyl (C=O) groups excluding carboxylic acids is 1. The van der Waals surface area contributed by atoms with Gasteiger partial charge in [-0.25, -0.2) is 4.98 Å². The molecular weight excluding hydrogens is 376 g/mol. The molecule has 7 nitrogen and oxygen atoms in total. The molecule has 0 bridgehead atoms. The number of hydrogen-bond acceptors (Lipinski definition) is 5. The van der Waals surface area contributed by atoms with E-state index in [1.54, 1.807) is 18.2 Å². The number of aryl methyl sites for hydroxylation is 1. The van der Waals surface area contributed by atoms with Gasteiger partial charge in [0.1, 0.15) is 11.5 Å². The zero-order valence-corrected chi connectivity index (χ0v) is 14.1. The molecule has 8 heteroatoms. The first-order valence-corrected chi connectivity index (χ1v) is 7.73. The highest BCUT2D eigenvalue weighted by molar-refractivity contribution is 9.10. The van der Waals surface area contributed by atoms with Gasteiger partial charge in [-0.1, -0.05) is 12.1 Å². The van der Waals surface area contributed by atoms with E-state index in [4.69, 9.17) is 0 Å². The summed E-state index contributed by atoms with van der Waals surface area (Å²) in [6.07, 6.45) is 1.38. The highest BCUT2D eigenvalue weighted by Crippen LogP contribution is 2.34. The molecule has 2 aromatic heterocycles. The average molecular weight is 387 g/mol. The summed E-state index contributed by atoms with van der Waals surface area (Å²) >= 11 is 3.17. The van der Waals surface area contributed by atoms with Gasteiger partial charge in [0, 0.05) is 17.3 Å². The van der Waals surface area contributed by atoms with Crippen molar-refractivity contribution in [1.82, 2.24) is 9.97 Å². The summed E-state index contributed by atoms with van der Waals surface area (Å²) in [4.78, 5) is 31.6. The van der Waals surface area contributed by atoms with Gasteiger partial charge in [0.2, 0.25) is 0 Å². The average Bonchev–Trinajstić information content (AvgIpc) is 2.53. The van der Waals surface area contributed by atoms with Crippen molar-refractivity contribution >= 4 is 44.1 Å². The number of anilines is 1. The number of rotatable bonds is 3. The molecule has 0 aliphatic rings. The molecule has 0 atom stereocenters. The van der Waals surface area contributed by atoms with Gasteiger partial charge in [-0.15, -0.1) is 0 Å². The minimum absolute atomic E-state index is 0.0994. The second-order valence-corrected chi connectivity index (χ2v) is 5.88. The van der Waals surface area contributed by atoms with Crippen LogP contribution in [0.25, 0.3) is 10.8 Å². The van der Waals surface area contributed by atoms with Crippen LogP contribution in [0.4, 0.5) is 11.5 Å². The third-order valence-electron chi connectivity index (χ3n) is 3.40. The Morgan fingerprint density at radius 3 is 2.71 bits per heavy atom. The molecule has 0 saturated heterocycles. The zero-order chi connectivity index (χ0) is 17.3. The molecule has 24 heavy (non-hydrogen) atoms. The number of carbonyl (C=O) groups is 1. The fraction of sp³-hybridized carbons (Fsp3) is 0.0625. The molecule has 1 amide bonds. The number of benzene rings is 1. The SMILES string of the molecule is Cc1cccc(NC(=O)c2nccc3c([N+](=O)[O-])c(Br)ccc23)n1. The largest absolute Gasteiger partial charge is 0.305 e. The fourth-order valence-corrected chi connectivity index (χ4v) is 2.86. The van der Waals surface area contributed by atoms with E-state index in [9.17, 15) is 14.9 Å². The lowest BCUT2D eigenvalue weighted by Crippen LogP contribution is -2.15. The summed E-state index contributed by atoms with van der Waals surface area (Å²) in [6, 6.07) is 9.92. The third kappa shape index (κ3) is 2.95. The first kappa shape index (κ1) is 16.0. The molecule has 3 rings (SSSR count). The van der Waals surface area contributed by atoms with Gasteiger partial charge < -0.3 is 5.32 Å². The summed E-state index contributed by atoms with van der Waals surface area (Å²) in [7, 11) is 0. The van der Waals surface area contributed by atoms with E-state index < -0.39 is 10.8 Å². The lowest BCUT2D eigenvalue weighted by molar-refractivity contribution is -0.383. The van der Waals surface area contributed by atoms with Crippen LogP contribution in [-0.2, 0) is 0 Å². The minimum Gasteiger partial charge on any atom is -0.305 e. The van der Waals surface area contributed by atoms with E-state index in [0.717, 1.165) is 5.69 Å². The lowest BCUT2D eigenvalue weighted by Gasteiger charge is -2.08. The van der Waals surface area contributed by atoms with Crippen LogP contribution in [0.3, 0.4) is 0 Å². The van der Waals surface area contributed by atoms with Crippen LogP contribution in [0, 0.1) is 17.0 Å². The summed E-state index contributed by atoms with van der Waals surface area (Å²) in [5.74, 6) is -0.0827. The number of pyridine rings is 2. The summed E-state index contributed by atoms with van der Waals surface area (Å²) in [6.45, 7) is 1.81. The third-order valence-corrected chi connectivity index (χ3v) is 4.04. The molecule has 0 aliphatic heterocycles. The molecule has 0 aliphatic carbocycles. The maximum atomic E-state index is 12.5. The fourth-order valence-electron chi connectivity index (χ4n) is 2.37. The Bertz CT molecular complexity index is 975. The number of fused-ring (bicyclic) bond motifs is 1. The van der Waals surface area contributed by atoms with Crippen LogP contribution < -0.4 is 5.32 Å². The molecule has 3 aromatic rings. The van der Waals surface area contributed by atoms with Crippen molar-refractivity contribution in [3.05, 3.63) is 68.6 Å². The molecule has 1 N–H and O–H groups in total. The van der Waals surface area contributed by atoms with Crippen molar-refractivity contribution in [2.45, 2.75) is 6.92 Å². The monoisotopic (exact) mass is 386 g/mol. The van der Waals surface area contributed by atoms with Gasteiger partial charge in [-0.2, -0.15) is 0 Å². The Labute approximate surface area is 145 Å². The van der Waals surface area contributed by atoms with Gasteiger partial charge in [0.25, 0.3) is 11.6 Å². The number of aromatic nitrogens is 2. The van der Waals surface area contributed by atoms with Crippen molar-refractivity contribution in [3.63, 3.8) is 0 Å². The highest BCUT2D eigenvalue weighted by atomic mass is 79.9. The number of nitro benzene ring substituents is 1. The van der Waals surface area contributed by atoms with E-state index in [1.807, 2.05) is 13.0 Å². The van der Waals surface area contributed by atoms with Crippen molar-refractivity contribution in [2.75, 3.05) is 5.32 Å². The van der Waals surface area contributed by atoms with Crippen LogP contribution in [-0.4, -0.2) is 20.8 Å². The molecule has 0 saturated carbocycles. The molecule has 1 aromatic carbocycles.